The molecule has 0 fully saturated rings. The van der Waals surface area contributed by atoms with Gasteiger partial charge in [-0.3, -0.25) is 0 Å². The maximum absolute atomic E-state index is 12.2. The third-order valence-corrected chi connectivity index (χ3v) is 4.34. The maximum atomic E-state index is 12.2. The number of sulfonamides is 1. The van der Waals surface area contributed by atoms with E-state index in [4.69, 9.17) is 10.5 Å². The van der Waals surface area contributed by atoms with E-state index < -0.39 is 10.0 Å². The van der Waals surface area contributed by atoms with E-state index >= 15 is 0 Å². The van der Waals surface area contributed by atoms with Crippen LogP contribution in [0.25, 0.3) is 0 Å². The zero-order valence-corrected chi connectivity index (χ0v) is 12.3. The SMILES string of the molecule is CCOCCCNS(=O)(=O)c1cc(CN)ccc1C. The smallest absolute Gasteiger partial charge is 0.240 e. The molecule has 19 heavy (non-hydrogen) atoms. The second kappa shape index (κ2) is 7.59. The zero-order valence-electron chi connectivity index (χ0n) is 11.5. The number of hydrogen-bond acceptors (Lipinski definition) is 4. The number of nitrogens with two attached hydrogens (primary N) is 1. The van der Waals surface area contributed by atoms with Crippen molar-refractivity contribution in [1.82, 2.24) is 4.72 Å². The van der Waals surface area contributed by atoms with Crippen LogP contribution < -0.4 is 10.5 Å². The van der Waals surface area contributed by atoms with E-state index in [1.807, 2.05) is 13.0 Å². The Labute approximate surface area is 115 Å². The molecule has 0 aliphatic heterocycles. The molecule has 108 valence electrons. The van der Waals surface area contributed by atoms with Crippen LogP contribution in [-0.4, -0.2) is 28.2 Å². The second-order valence-corrected chi connectivity index (χ2v) is 5.99. The number of rotatable bonds is 8. The zero-order chi connectivity index (χ0) is 14.3. The van der Waals surface area contributed by atoms with E-state index in [1.165, 1.54) is 0 Å². The topological polar surface area (TPSA) is 81.4 Å². The van der Waals surface area contributed by atoms with Crippen LogP contribution >= 0.6 is 0 Å². The summed E-state index contributed by atoms with van der Waals surface area (Å²) in [5.74, 6) is 0. The lowest BCUT2D eigenvalue weighted by molar-refractivity contribution is 0.146. The van der Waals surface area contributed by atoms with Crippen LogP contribution in [0.4, 0.5) is 0 Å². The molecule has 0 atom stereocenters. The van der Waals surface area contributed by atoms with Crippen LogP contribution in [0.15, 0.2) is 23.1 Å². The minimum atomic E-state index is -3.47. The summed E-state index contributed by atoms with van der Waals surface area (Å²) in [4.78, 5) is 0.298. The Morgan fingerprint density at radius 1 is 1.37 bits per heavy atom. The number of nitrogens with one attached hydrogen (secondary N) is 1. The first-order valence-electron chi connectivity index (χ1n) is 6.38. The molecule has 0 saturated heterocycles. The Kier molecular flexibility index (Phi) is 6.44. The Morgan fingerprint density at radius 2 is 2.11 bits per heavy atom. The molecule has 0 aromatic heterocycles. The van der Waals surface area contributed by atoms with Gasteiger partial charge in [-0.15, -0.1) is 0 Å². The fourth-order valence-electron chi connectivity index (χ4n) is 1.66. The van der Waals surface area contributed by atoms with Gasteiger partial charge >= 0.3 is 0 Å². The highest BCUT2D eigenvalue weighted by Crippen LogP contribution is 2.16. The van der Waals surface area contributed by atoms with E-state index in [2.05, 4.69) is 4.72 Å². The Balaban J connectivity index is 2.71. The standard InChI is InChI=1S/C13H22N2O3S/c1-3-18-8-4-7-15-19(16,17)13-9-12(10-14)6-5-11(13)2/h5-6,9,15H,3-4,7-8,10,14H2,1-2H3. The van der Waals surface area contributed by atoms with Crippen molar-refractivity contribution in [2.75, 3.05) is 19.8 Å². The van der Waals surface area contributed by atoms with Gasteiger partial charge in [0.25, 0.3) is 0 Å². The van der Waals surface area contributed by atoms with E-state index in [0.717, 1.165) is 11.1 Å². The van der Waals surface area contributed by atoms with Gasteiger partial charge in [-0.1, -0.05) is 12.1 Å². The number of aryl methyl sites for hydroxylation is 1. The molecule has 0 heterocycles. The van der Waals surface area contributed by atoms with E-state index in [-0.39, 0.29) is 0 Å². The van der Waals surface area contributed by atoms with Crippen molar-refractivity contribution in [1.29, 1.82) is 0 Å². The molecule has 6 heteroatoms. The molecule has 0 bridgehead atoms. The highest BCUT2D eigenvalue weighted by Gasteiger charge is 2.16. The monoisotopic (exact) mass is 286 g/mol. The summed E-state index contributed by atoms with van der Waals surface area (Å²) in [6, 6.07) is 5.24. The average Bonchev–Trinajstić information content (AvgIpc) is 2.39. The first kappa shape index (κ1) is 16.1. The first-order valence-corrected chi connectivity index (χ1v) is 7.86. The van der Waals surface area contributed by atoms with Crippen LogP contribution in [0.2, 0.25) is 0 Å². The van der Waals surface area contributed by atoms with Gasteiger partial charge in [-0.05, 0) is 37.5 Å². The molecule has 0 unspecified atom stereocenters. The van der Waals surface area contributed by atoms with Gasteiger partial charge in [0.2, 0.25) is 10.0 Å². The van der Waals surface area contributed by atoms with Crippen molar-refractivity contribution in [3.05, 3.63) is 29.3 Å². The molecule has 0 saturated carbocycles. The van der Waals surface area contributed by atoms with Gasteiger partial charge < -0.3 is 10.5 Å². The lowest BCUT2D eigenvalue weighted by Gasteiger charge is -2.10. The summed E-state index contributed by atoms with van der Waals surface area (Å²) < 4.78 is 32.1. The molecular weight excluding hydrogens is 264 g/mol. The molecular formula is C13H22N2O3S. The maximum Gasteiger partial charge on any atom is 0.240 e. The normalized spacial score (nSPS) is 11.7. The average molecular weight is 286 g/mol. The van der Waals surface area contributed by atoms with Crippen molar-refractivity contribution in [2.24, 2.45) is 5.73 Å². The van der Waals surface area contributed by atoms with Crippen LogP contribution in [-0.2, 0) is 21.3 Å². The van der Waals surface area contributed by atoms with Gasteiger partial charge in [0.15, 0.2) is 0 Å². The number of ether oxygens (including phenoxy) is 1. The molecule has 1 aromatic carbocycles. The molecule has 0 radical (unpaired) electrons. The van der Waals surface area contributed by atoms with E-state index in [9.17, 15) is 8.42 Å². The van der Waals surface area contributed by atoms with Crippen molar-refractivity contribution >= 4 is 10.0 Å². The number of hydrogen-bond donors (Lipinski definition) is 2. The fraction of sp³-hybridized carbons (Fsp3) is 0.538. The van der Waals surface area contributed by atoms with Crippen LogP contribution in [0.5, 0.6) is 0 Å². The summed E-state index contributed by atoms with van der Waals surface area (Å²) in [7, 11) is -3.47. The van der Waals surface area contributed by atoms with Crippen LogP contribution in [0.1, 0.15) is 24.5 Å². The minimum Gasteiger partial charge on any atom is -0.382 e. The summed E-state index contributed by atoms with van der Waals surface area (Å²) in [6.07, 6.45) is 0.655. The van der Waals surface area contributed by atoms with Gasteiger partial charge in [0, 0.05) is 26.3 Å². The highest BCUT2D eigenvalue weighted by molar-refractivity contribution is 7.89. The van der Waals surface area contributed by atoms with E-state index in [1.54, 1.807) is 19.1 Å². The Bertz CT molecular complexity index is 501. The van der Waals surface area contributed by atoms with Gasteiger partial charge in [0.05, 0.1) is 4.90 Å². The fourth-order valence-corrected chi connectivity index (χ4v) is 3.03. The van der Waals surface area contributed by atoms with Crippen molar-refractivity contribution < 1.29 is 13.2 Å². The summed E-state index contributed by atoms with van der Waals surface area (Å²) in [6.45, 7) is 5.58. The predicted molar refractivity (Wildman–Crippen MR) is 75.4 cm³/mol. The highest BCUT2D eigenvalue weighted by atomic mass is 32.2. The molecule has 0 spiro atoms. The lowest BCUT2D eigenvalue weighted by atomic mass is 10.1. The molecule has 3 N–H and O–H groups in total. The van der Waals surface area contributed by atoms with Gasteiger partial charge in [-0.2, -0.15) is 0 Å². The van der Waals surface area contributed by atoms with Crippen LogP contribution in [0, 0.1) is 6.92 Å². The van der Waals surface area contributed by atoms with Gasteiger partial charge in [-0.25, -0.2) is 13.1 Å². The van der Waals surface area contributed by atoms with Crippen molar-refractivity contribution in [2.45, 2.75) is 31.7 Å². The third-order valence-electron chi connectivity index (χ3n) is 2.74. The van der Waals surface area contributed by atoms with Gasteiger partial charge in [0.1, 0.15) is 0 Å². The lowest BCUT2D eigenvalue weighted by Crippen LogP contribution is -2.26. The summed E-state index contributed by atoms with van der Waals surface area (Å²) in [5, 5.41) is 0. The summed E-state index contributed by atoms with van der Waals surface area (Å²) >= 11 is 0. The molecule has 0 amide bonds. The van der Waals surface area contributed by atoms with E-state index in [0.29, 0.717) is 37.6 Å². The second-order valence-electron chi connectivity index (χ2n) is 4.25. The molecule has 0 aliphatic carbocycles. The molecule has 5 nitrogen and oxygen atoms in total. The Morgan fingerprint density at radius 3 is 2.74 bits per heavy atom. The van der Waals surface area contributed by atoms with Crippen molar-refractivity contribution in [3.8, 4) is 0 Å². The minimum absolute atomic E-state index is 0.298. The molecule has 1 rings (SSSR count). The largest absolute Gasteiger partial charge is 0.382 e. The third kappa shape index (κ3) is 4.91. The number of benzene rings is 1. The predicted octanol–water partition coefficient (Wildman–Crippen LogP) is 1.16. The molecule has 1 aromatic rings. The quantitative estimate of drug-likeness (QED) is 0.703. The van der Waals surface area contributed by atoms with Crippen molar-refractivity contribution in [3.63, 3.8) is 0 Å². The summed E-state index contributed by atoms with van der Waals surface area (Å²) in [5.41, 5.74) is 7.06. The molecule has 0 aliphatic rings. The van der Waals surface area contributed by atoms with Crippen LogP contribution in [0.3, 0.4) is 0 Å². The first-order chi connectivity index (χ1) is 9.01. The Hall–Kier alpha value is -0.950.